The van der Waals surface area contributed by atoms with Crippen LogP contribution in [-0.2, 0) is 0 Å². The van der Waals surface area contributed by atoms with Crippen molar-refractivity contribution < 1.29 is 13.9 Å². The number of fused-ring (bicyclic) bond motifs is 1. The number of urea groups is 1. The van der Waals surface area contributed by atoms with Crippen LogP contribution in [0.15, 0.2) is 53.1 Å². The van der Waals surface area contributed by atoms with Gasteiger partial charge in [0.1, 0.15) is 17.7 Å². The predicted octanol–water partition coefficient (Wildman–Crippen LogP) is 7.07. The van der Waals surface area contributed by atoms with Gasteiger partial charge in [-0.05, 0) is 75.3 Å². The van der Waals surface area contributed by atoms with Crippen LogP contribution in [0.5, 0.6) is 5.75 Å². The monoisotopic (exact) mass is 484 g/mol. The highest BCUT2D eigenvalue weighted by Gasteiger charge is 2.29. The Morgan fingerprint density at radius 1 is 1.11 bits per heavy atom. The van der Waals surface area contributed by atoms with Gasteiger partial charge in [0.15, 0.2) is 5.89 Å². The number of aryl methyl sites for hydroxylation is 1. The minimum absolute atomic E-state index is 0.141. The van der Waals surface area contributed by atoms with Crippen LogP contribution >= 0.6 is 0 Å². The minimum atomic E-state index is -0.141. The van der Waals surface area contributed by atoms with Crippen LogP contribution in [-0.4, -0.2) is 28.2 Å². The van der Waals surface area contributed by atoms with E-state index in [1.165, 1.54) is 12.8 Å². The number of hydrogen-bond donors (Lipinski definition) is 2. The number of aromatic nitrogens is 2. The maximum Gasteiger partial charge on any atom is 0.319 e. The van der Waals surface area contributed by atoms with Gasteiger partial charge >= 0.3 is 6.03 Å². The number of benzene rings is 2. The molecule has 2 aromatic carbocycles. The Morgan fingerprint density at radius 2 is 1.89 bits per heavy atom. The van der Waals surface area contributed by atoms with Crippen LogP contribution in [0, 0.1) is 6.92 Å². The first kappa shape index (κ1) is 22.7. The number of carbonyl (C=O) groups is 1. The van der Waals surface area contributed by atoms with Gasteiger partial charge in [-0.25, -0.2) is 9.78 Å². The lowest BCUT2D eigenvalue weighted by Gasteiger charge is -2.30. The molecule has 0 unspecified atom stereocenters. The van der Waals surface area contributed by atoms with Crippen molar-refractivity contribution in [1.29, 1.82) is 0 Å². The quantitative estimate of drug-likeness (QED) is 0.294. The number of hydrogen-bond acceptors (Lipinski definition) is 4. The second-order valence-corrected chi connectivity index (χ2v) is 9.85. The first-order chi connectivity index (χ1) is 17.6. The Morgan fingerprint density at radius 3 is 2.50 bits per heavy atom. The summed E-state index contributed by atoms with van der Waals surface area (Å²) in [6.45, 7) is 4.50. The first-order valence-corrected chi connectivity index (χ1v) is 13.0. The number of nitrogens with one attached hydrogen (secondary N) is 2. The molecule has 0 bridgehead atoms. The summed E-state index contributed by atoms with van der Waals surface area (Å²) in [6.07, 6.45) is 8.58. The Labute approximate surface area is 210 Å². The van der Waals surface area contributed by atoms with Gasteiger partial charge in [-0.15, -0.1) is 0 Å². The fourth-order valence-corrected chi connectivity index (χ4v) is 5.21. The molecule has 2 heterocycles. The normalized spacial score (nSPS) is 15.9. The molecule has 0 saturated heterocycles. The second-order valence-electron chi connectivity index (χ2n) is 9.85. The Hall–Kier alpha value is -3.74. The number of ether oxygens (including phenoxy) is 1. The van der Waals surface area contributed by atoms with Crippen LogP contribution in [0.25, 0.3) is 33.4 Å². The summed E-state index contributed by atoms with van der Waals surface area (Å²) in [5.41, 5.74) is 6.04. The van der Waals surface area contributed by atoms with Crippen molar-refractivity contribution in [2.45, 2.75) is 64.5 Å². The molecule has 2 aliphatic rings. The largest absolute Gasteiger partial charge is 0.494 e. The molecule has 186 valence electrons. The van der Waals surface area contributed by atoms with Crippen molar-refractivity contribution in [2.75, 3.05) is 11.9 Å². The molecule has 0 aliphatic heterocycles. The number of anilines is 1. The van der Waals surface area contributed by atoms with E-state index in [9.17, 15) is 4.79 Å². The Balaban J connectivity index is 1.45. The van der Waals surface area contributed by atoms with E-state index in [-0.39, 0.29) is 6.03 Å². The van der Waals surface area contributed by atoms with Crippen molar-refractivity contribution in [3.8, 4) is 28.3 Å². The van der Waals surface area contributed by atoms with Crippen LogP contribution < -0.4 is 15.4 Å². The maximum atomic E-state index is 12.3. The fourth-order valence-electron chi connectivity index (χ4n) is 5.21. The third kappa shape index (κ3) is 4.12. The zero-order valence-electron chi connectivity index (χ0n) is 20.8. The van der Waals surface area contributed by atoms with Crippen LogP contribution in [0.1, 0.15) is 57.4 Å². The topological polar surface area (TPSA) is 81.3 Å². The van der Waals surface area contributed by atoms with Gasteiger partial charge in [0.2, 0.25) is 0 Å². The predicted molar refractivity (Wildman–Crippen MR) is 141 cm³/mol. The van der Waals surface area contributed by atoms with Gasteiger partial charge < -0.3 is 24.4 Å². The summed E-state index contributed by atoms with van der Waals surface area (Å²) in [5, 5.41) is 7.14. The fraction of sp³-hybridized carbons (Fsp3) is 0.379. The van der Waals surface area contributed by atoms with Crippen molar-refractivity contribution in [2.24, 2.45) is 0 Å². The molecule has 2 fully saturated rings. The van der Waals surface area contributed by atoms with E-state index >= 15 is 0 Å². The third-order valence-corrected chi connectivity index (χ3v) is 7.46. The third-order valence-electron chi connectivity index (χ3n) is 7.46. The summed E-state index contributed by atoms with van der Waals surface area (Å²) in [7, 11) is 0. The molecule has 2 aliphatic carbocycles. The molecule has 0 spiro atoms. The van der Waals surface area contributed by atoms with E-state index in [1.54, 1.807) is 6.26 Å². The van der Waals surface area contributed by atoms with Crippen molar-refractivity contribution in [3.05, 3.63) is 54.6 Å². The lowest BCUT2D eigenvalue weighted by atomic mass is 9.92. The van der Waals surface area contributed by atoms with E-state index in [0.29, 0.717) is 24.6 Å². The first-order valence-electron chi connectivity index (χ1n) is 13.0. The molecule has 2 amide bonds. The zero-order valence-corrected chi connectivity index (χ0v) is 20.8. The number of oxazole rings is 1. The van der Waals surface area contributed by atoms with E-state index in [0.717, 1.165) is 70.5 Å². The smallest absolute Gasteiger partial charge is 0.319 e. The molecule has 2 saturated carbocycles. The van der Waals surface area contributed by atoms with Crippen LogP contribution in [0.4, 0.5) is 10.5 Å². The summed E-state index contributed by atoms with van der Waals surface area (Å²) in [6, 6.07) is 15.0. The molecule has 7 heteroatoms. The Kier molecular flexibility index (Phi) is 5.91. The van der Waals surface area contributed by atoms with Gasteiger partial charge in [-0.3, -0.25) is 0 Å². The minimum Gasteiger partial charge on any atom is -0.494 e. The summed E-state index contributed by atoms with van der Waals surface area (Å²) in [4.78, 5) is 17.1. The summed E-state index contributed by atoms with van der Waals surface area (Å²) in [5.74, 6) is 1.51. The van der Waals surface area contributed by atoms with E-state index in [4.69, 9.17) is 14.1 Å². The highest BCUT2D eigenvalue weighted by Crippen LogP contribution is 2.47. The number of carbonyl (C=O) groups excluding carboxylic acids is 1. The lowest BCUT2D eigenvalue weighted by molar-refractivity contribution is 0.240. The van der Waals surface area contributed by atoms with Gasteiger partial charge in [-0.2, -0.15) is 0 Å². The molecular formula is C29H32N4O3. The molecule has 7 nitrogen and oxygen atoms in total. The summed E-state index contributed by atoms with van der Waals surface area (Å²) < 4.78 is 14.0. The van der Waals surface area contributed by atoms with E-state index < -0.39 is 0 Å². The van der Waals surface area contributed by atoms with Crippen LogP contribution in [0.2, 0.25) is 0 Å². The molecule has 0 atom stereocenters. The van der Waals surface area contributed by atoms with Crippen LogP contribution in [0.3, 0.4) is 0 Å². The second kappa shape index (κ2) is 9.37. The number of rotatable bonds is 7. The molecule has 36 heavy (non-hydrogen) atoms. The van der Waals surface area contributed by atoms with Crippen molar-refractivity contribution >= 4 is 22.6 Å². The molecular weight excluding hydrogens is 452 g/mol. The number of nitrogens with zero attached hydrogens (tertiary/aromatic N) is 2. The summed E-state index contributed by atoms with van der Waals surface area (Å²) >= 11 is 0. The van der Waals surface area contributed by atoms with E-state index in [1.807, 2.05) is 32.0 Å². The average Bonchev–Trinajstić information content (AvgIpc) is 3.37. The SMILES string of the molecule is CCOc1ccc2c(-c3coc(C)n3)c(-c3ccc(NC(=O)NC4CCC4)cc3)n(C3CCC3)c2c1. The van der Waals surface area contributed by atoms with E-state index in [2.05, 4.69) is 39.5 Å². The maximum absolute atomic E-state index is 12.3. The molecule has 2 aromatic heterocycles. The molecule has 0 radical (unpaired) electrons. The molecule has 4 aromatic rings. The Bertz CT molecular complexity index is 1390. The highest BCUT2D eigenvalue weighted by atomic mass is 16.5. The van der Waals surface area contributed by atoms with Gasteiger partial charge in [0.05, 0.1) is 17.8 Å². The van der Waals surface area contributed by atoms with Gasteiger partial charge in [-0.1, -0.05) is 12.1 Å². The number of amides is 2. The standard InChI is InChI=1S/C29H32N4O3/c1-3-35-23-14-15-24-26(16-23)33(22-8-5-9-22)28(27(24)25-17-36-18(2)30-25)19-10-12-21(13-11-19)32-29(34)31-20-6-4-7-20/h10-17,20,22H,3-9H2,1-2H3,(H2,31,32,34). The lowest BCUT2D eigenvalue weighted by Crippen LogP contribution is -2.41. The van der Waals surface area contributed by atoms with Crippen molar-refractivity contribution in [1.82, 2.24) is 14.9 Å². The zero-order chi connectivity index (χ0) is 24.6. The van der Waals surface area contributed by atoms with Gasteiger partial charge in [0.25, 0.3) is 0 Å². The molecule has 6 rings (SSSR count). The molecule has 2 N–H and O–H groups in total. The van der Waals surface area contributed by atoms with Crippen molar-refractivity contribution in [3.63, 3.8) is 0 Å². The average molecular weight is 485 g/mol. The van der Waals surface area contributed by atoms with Gasteiger partial charge in [0, 0.05) is 41.7 Å². The highest BCUT2D eigenvalue weighted by molar-refractivity contribution is 6.04.